The van der Waals surface area contributed by atoms with E-state index in [2.05, 4.69) is 20.9 Å². The summed E-state index contributed by atoms with van der Waals surface area (Å²) in [5.74, 6) is -0.589. The molecule has 4 rings (SSSR count). The average Bonchev–Trinajstić information content (AvgIpc) is 3.09. The van der Waals surface area contributed by atoms with E-state index in [4.69, 9.17) is 9.47 Å². The molecule has 1 aromatic heterocycles. The number of hydrogen-bond donors (Lipinski definition) is 0. The number of aromatic nitrogens is 1. The zero-order valence-electron chi connectivity index (χ0n) is 18.7. The van der Waals surface area contributed by atoms with Crippen LogP contribution in [0.4, 0.5) is 0 Å². The van der Waals surface area contributed by atoms with Gasteiger partial charge in [-0.05, 0) is 55.3 Å². The highest BCUT2D eigenvalue weighted by Crippen LogP contribution is 2.31. The number of carbonyl (C=O) groups is 2. The van der Waals surface area contributed by atoms with Gasteiger partial charge >= 0.3 is 11.9 Å². The third-order valence-electron chi connectivity index (χ3n) is 5.14. The van der Waals surface area contributed by atoms with Crippen molar-refractivity contribution < 1.29 is 19.1 Å². The average molecular weight is 541 g/mol. The highest BCUT2D eigenvalue weighted by molar-refractivity contribution is 9.10. The highest BCUT2D eigenvalue weighted by Gasteiger charge is 2.33. The second-order valence-electron chi connectivity index (χ2n) is 7.52. The fraction of sp³-hybridized carbons (Fsp3) is 0.200. The highest BCUT2D eigenvalue weighted by atomic mass is 79.9. The van der Waals surface area contributed by atoms with Crippen molar-refractivity contribution in [1.82, 2.24) is 4.57 Å². The number of halogens is 1. The lowest BCUT2D eigenvalue weighted by Crippen LogP contribution is -2.39. The molecule has 0 aliphatic carbocycles. The second kappa shape index (κ2) is 9.90. The van der Waals surface area contributed by atoms with Crippen LogP contribution in [0.25, 0.3) is 6.08 Å². The van der Waals surface area contributed by atoms with Crippen LogP contribution in [0.5, 0.6) is 5.75 Å². The molecule has 0 radical (unpaired) electrons. The SMILES string of the molecule is CCOC(=O)C1=C(C)N=c2sc(=Cc3ccc(Br)cc3)c(=O)n2C1c1ccc(OC(C)=O)cc1. The van der Waals surface area contributed by atoms with Gasteiger partial charge in [0.2, 0.25) is 0 Å². The normalized spacial score (nSPS) is 15.5. The predicted molar refractivity (Wildman–Crippen MR) is 132 cm³/mol. The minimum atomic E-state index is -0.728. The van der Waals surface area contributed by atoms with Gasteiger partial charge in [0, 0.05) is 11.4 Å². The van der Waals surface area contributed by atoms with E-state index in [1.54, 1.807) is 44.2 Å². The van der Waals surface area contributed by atoms with Gasteiger partial charge in [-0.2, -0.15) is 0 Å². The Labute approximate surface area is 207 Å². The van der Waals surface area contributed by atoms with Gasteiger partial charge in [0.15, 0.2) is 4.80 Å². The Morgan fingerprint density at radius 1 is 1.15 bits per heavy atom. The van der Waals surface area contributed by atoms with Gasteiger partial charge in [-0.15, -0.1) is 0 Å². The number of esters is 2. The predicted octanol–water partition coefficient (Wildman–Crippen LogP) is 3.49. The topological polar surface area (TPSA) is 87.0 Å². The maximum absolute atomic E-state index is 13.5. The lowest BCUT2D eigenvalue weighted by atomic mass is 9.96. The van der Waals surface area contributed by atoms with Crippen LogP contribution in [0.3, 0.4) is 0 Å². The van der Waals surface area contributed by atoms with Crippen molar-refractivity contribution in [2.75, 3.05) is 6.61 Å². The first-order chi connectivity index (χ1) is 16.3. The van der Waals surface area contributed by atoms with Crippen LogP contribution >= 0.6 is 27.3 Å². The molecule has 1 aliphatic rings. The van der Waals surface area contributed by atoms with Crippen molar-refractivity contribution in [2.45, 2.75) is 26.8 Å². The molecule has 3 aromatic rings. The Bertz CT molecular complexity index is 1470. The summed E-state index contributed by atoms with van der Waals surface area (Å²) in [6.45, 7) is 4.98. The molecule has 2 heterocycles. The Balaban J connectivity index is 1.89. The van der Waals surface area contributed by atoms with Crippen molar-refractivity contribution in [2.24, 2.45) is 4.99 Å². The van der Waals surface area contributed by atoms with E-state index >= 15 is 0 Å². The fourth-order valence-corrected chi connectivity index (χ4v) is 5.01. The maximum atomic E-state index is 13.5. The molecule has 1 aliphatic heterocycles. The lowest BCUT2D eigenvalue weighted by Gasteiger charge is -2.24. The van der Waals surface area contributed by atoms with Crippen LogP contribution < -0.4 is 19.6 Å². The third kappa shape index (κ3) is 4.80. The summed E-state index contributed by atoms with van der Waals surface area (Å²) >= 11 is 4.68. The molecule has 0 saturated carbocycles. The van der Waals surface area contributed by atoms with Crippen LogP contribution in [0.15, 0.2) is 74.1 Å². The Morgan fingerprint density at radius 3 is 2.44 bits per heavy atom. The molecular formula is C25H21BrN2O5S. The zero-order chi connectivity index (χ0) is 24.4. The summed E-state index contributed by atoms with van der Waals surface area (Å²) in [7, 11) is 0. The fourth-order valence-electron chi connectivity index (χ4n) is 3.70. The largest absolute Gasteiger partial charge is 0.463 e. The van der Waals surface area contributed by atoms with E-state index in [9.17, 15) is 14.4 Å². The number of ether oxygens (including phenoxy) is 2. The molecule has 0 saturated heterocycles. The van der Waals surface area contributed by atoms with Crippen LogP contribution in [-0.4, -0.2) is 23.1 Å². The number of benzene rings is 2. The summed E-state index contributed by atoms with van der Waals surface area (Å²) in [6, 6.07) is 13.6. The lowest BCUT2D eigenvalue weighted by molar-refractivity contribution is -0.139. The number of allylic oxidation sites excluding steroid dienone is 1. The van der Waals surface area contributed by atoms with Gasteiger partial charge in [-0.3, -0.25) is 14.2 Å². The van der Waals surface area contributed by atoms with E-state index < -0.39 is 18.0 Å². The second-order valence-corrected chi connectivity index (χ2v) is 9.44. The maximum Gasteiger partial charge on any atom is 0.338 e. The molecule has 2 aromatic carbocycles. The number of hydrogen-bond acceptors (Lipinski definition) is 7. The molecule has 1 unspecified atom stereocenters. The van der Waals surface area contributed by atoms with Crippen molar-refractivity contribution >= 4 is 45.3 Å². The monoisotopic (exact) mass is 540 g/mol. The molecule has 0 amide bonds. The summed E-state index contributed by atoms with van der Waals surface area (Å²) in [4.78, 5) is 42.8. The van der Waals surface area contributed by atoms with Gasteiger partial charge < -0.3 is 9.47 Å². The van der Waals surface area contributed by atoms with Gasteiger partial charge in [0.05, 0.1) is 28.5 Å². The Kier molecular flexibility index (Phi) is 6.95. The third-order valence-corrected chi connectivity index (χ3v) is 6.65. The molecule has 7 nitrogen and oxygen atoms in total. The van der Waals surface area contributed by atoms with Gasteiger partial charge in [0.25, 0.3) is 5.56 Å². The molecule has 9 heteroatoms. The van der Waals surface area contributed by atoms with E-state index in [0.29, 0.717) is 31.9 Å². The Hall–Kier alpha value is -3.30. The number of nitrogens with zero attached hydrogens (tertiary/aromatic N) is 2. The standard InChI is InChI=1S/C25H21BrN2O5S/c1-4-32-24(31)21-14(2)27-25-28(22(21)17-7-11-19(12-8-17)33-15(3)29)23(30)20(34-25)13-16-5-9-18(26)10-6-16/h5-13,22H,4H2,1-3H3. The van der Waals surface area contributed by atoms with E-state index in [0.717, 1.165) is 10.0 Å². The molecule has 0 N–H and O–H groups in total. The number of rotatable bonds is 5. The summed E-state index contributed by atoms with van der Waals surface area (Å²) in [6.07, 6.45) is 1.81. The van der Waals surface area contributed by atoms with Crippen molar-refractivity contribution in [3.05, 3.63) is 95.1 Å². The van der Waals surface area contributed by atoms with Crippen molar-refractivity contribution in [1.29, 1.82) is 0 Å². The van der Waals surface area contributed by atoms with E-state index in [1.807, 2.05) is 24.3 Å². The molecule has 0 bridgehead atoms. The summed E-state index contributed by atoms with van der Waals surface area (Å²) < 4.78 is 13.4. The first-order valence-corrected chi connectivity index (χ1v) is 12.1. The quantitative estimate of drug-likeness (QED) is 0.365. The minimum Gasteiger partial charge on any atom is -0.463 e. The van der Waals surface area contributed by atoms with Crippen molar-refractivity contribution in [3.63, 3.8) is 0 Å². The van der Waals surface area contributed by atoms with Crippen LogP contribution in [-0.2, 0) is 14.3 Å². The summed E-state index contributed by atoms with van der Waals surface area (Å²) in [5.41, 5.74) is 2.07. The number of carbonyl (C=O) groups excluding carboxylic acids is 2. The smallest absolute Gasteiger partial charge is 0.338 e. The van der Waals surface area contributed by atoms with Crippen LogP contribution in [0.2, 0.25) is 0 Å². The minimum absolute atomic E-state index is 0.196. The van der Waals surface area contributed by atoms with Crippen LogP contribution in [0.1, 0.15) is 37.9 Å². The number of fused-ring (bicyclic) bond motifs is 1. The molecular weight excluding hydrogens is 520 g/mol. The van der Waals surface area contributed by atoms with E-state index in [-0.39, 0.29) is 12.2 Å². The van der Waals surface area contributed by atoms with Gasteiger partial charge in [-0.25, -0.2) is 9.79 Å². The molecule has 0 fully saturated rings. The van der Waals surface area contributed by atoms with Gasteiger partial charge in [0.1, 0.15) is 5.75 Å². The van der Waals surface area contributed by atoms with E-state index in [1.165, 1.54) is 22.8 Å². The molecule has 174 valence electrons. The molecule has 34 heavy (non-hydrogen) atoms. The first-order valence-electron chi connectivity index (χ1n) is 10.5. The summed E-state index contributed by atoms with van der Waals surface area (Å²) in [5, 5.41) is 0. The molecule has 1 atom stereocenters. The molecule has 0 spiro atoms. The number of thiazole rings is 1. The first kappa shape index (κ1) is 23.8. The van der Waals surface area contributed by atoms with Gasteiger partial charge in [-0.1, -0.05) is 51.5 Å². The van der Waals surface area contributed by atoms with Crippen LogP contribution in [0, 0.1) is 0 Å². The Morgan fingerprint density at radius 2 is 1.82 bits per heavy atom. The zero-order valence-corrected chi connectivity index (χ0v) is 21.1. The van der Waals surface area contributed by atoms with Crippen molar-refractivity contribution in [3.8, 4) is 5.75 Å².